The molecule has 0 N–H and O–H groups in total. The maximum absolute atomic E-state index is 10.8. The zero-order chi connectivity index (χ0) is 11.9. The molecule has 17 heavy (non-hydrogen) atoms. The lowest BCUT2D eigenvalue weighted by Gasteiger charge is -2.16. The van der Waals surface area contributed by atoms with Crippen LogP contribution in [0.5, 0.6) is 0 Å². The highest BCUT2D eigenvalue weighted by Crippen LogP contribution is 2.29. The third-order valence-corrected chi connectivity index (χ3v) is 3.39. The number of hydrogen-bond acceptors (Lipinski definition) is 3. The van der Waals surface area contributed by atoms with Crippen LogP contribution in [-0.4, -0.2) is 38.8 Å². The smallest absolute Gasteiger partial charge is 0.184 e. The minimum atomic E-state index is -0.581. The molecule has 2 saturated carbocycles. The largest absolute Gasteiger partial charge is 0.376 e. The first-order valence-electron chi connectivity index (χ1n) is 6.81. The van der Waals surface area contributed by atoms with Gasteiger partial charge in [-0.1, -0.05) is 12.8 Å². The molecule has 0 heterocycles. The molecule has 0 aromatic rings. The molecule has 0 aromatic carbocycles. The van der Waals surface area contributed by atoms with Gasteiger partial charge in [0, 0.05) is 0 Å². The van der Waals surface area contributed by atoms with E-state index in [0.717, 1.165) is 0 Å². The molecular weight excluding hydrogens is 220 g/mol. The quantitative estimate of drug-likeness (QED) is 0.460. The third-order valence-electron chi connectivity index (χ3n) is 3.39. The molecule has 0 aromatic heterocycles. The van der Waals surface area contributed by atoms with Gasteiger partial charge in [-0.15, -0.1) is 0 Å². The average Bonchev–Trinajstić information content (AvgIpc) is 3.03. The minimum absolute atomic E-state index is 0.323. The second-order valence-corrected chi connectivity index (χ2v) is 5.02. The molecule has 2 aliphatic carbocycles. The molecular formula is C13H23O4. The van der Waals surface area contributed by atoms with Gasteiger partial charge in [-0.2, -0.15) is 0 Å². The van der Waals surface area contributed by atoms with Gasteiger partial charge in [-0.05, 0) is 31.6 Å². The SMILES string of the molecule is [O]CC(OCCOC1CCCC1)OCC1CC1. The number of hydrogen-bond donors (Lipinski definition) is 0. The lowest BCUT2D eigenvalue weighted by Crippen LogP contribution is -2.24. The summed E-state index contributed by atoms with van der Waals surface area (Å²) in [6.07, 6.45) is 7.19. The van der Waals surface area contributed by atoms with Crippen LogP contribution in [0.2, 0.25) is 0 Å². The Morgan fingerprint density at radius 2 is 1.76 bits per heavy atom. The lowest BCUT2D eigenvalue weighted by atomic mass is 10.3. The zero-order valence-corrected chi connectivity index (χ0v) is 10.4. The minimum Gasteiger partial charge on any atom is -0.376 e. The molecule has 0 amide bonds. The van der Waals surface area contributed by atoms with E-state index in [1.54, 1.807) is 0 Å². The van der Waals surface area contributed by atoms with Crippen LogP contribution in [0.3, 0.4) is 0 Å². The Kier molecular flexibility index (Phi) is 5.71. The molecule has 0 bridgehead atoms. The van der Waals surface area contributed by atoms with Gasteiger partial charge in [0.2, 0.25) is 0 Å². The highest BCUT2D eigenvalue weighted by atomic mass is 16.7. The molecule has 1 atom stereocenters. The first kappa shape index (κ1) is 13.3. The van der Waals surface area contributed by atoms with E-state index in [2.05, 4.69) is 0 Å². The van der Waals surface area contributed by atoms with Crippen molar-refractivity contribution in [3.63, 3.8) is 0 Å². The lowest BCUT2D eigenvalue weighted by molar-refractivity contribution is -0.182. The van der Waals surface area contributed by atoms with Crippen LogP contribution in [0.15, 0.2) is 0 Å². The second kappa shape index (κ2) is 7.31. The molecule has 4 heteroatoms. The Morgan fingerprint density at radius 3 is 2.41 bits per heavy atom. The van der Waals surface area contributed by atoms with Gasteiger partial charge in [-0.3, -0.25) is 0 Å². The highest BCUT2D eigenvalue weighted by Gasteiger charge is 2.23. The average molecular weight is 243 g/mol. The Morgan fingerprint density at radius 1 is 1.00 bits per heavy atom. The van der Waals surface area contributed by atoms with Crippen LogP contribution in [0.25, 0.3) is 0 Å². The molecule has 2 fully saturated rings. The van der Waals surface area contributed by atoms with Crippen molar-refractivity contribution in [2.75, 3.05) is 26.4 Å². The first-order chi connectivity index (χ1) is 8.38. The number of ether oxygens (including phenoxy) is 3. The first-order valence-corrected chi connectivity index (χ1v) is 6.81. The summed E-state index contributed by atoms with van der Waals surface area (Å²) >= 11 is 0. The van der Waals surface area contributed by atoms with E-state index >= 15 is 0 Å². The van der Waals surface area contributed by atoms with Crippen molar-refractivity contribution >= 4 is 0 Å². The van der Waals surface area contributed by atoms with E-state index in [1.807, 2.05) is 0 Å². The van der Waals surface area contributed by atoms with Gasteiger partial charge in [0.25, 0.3) is 0 Å². The molecule has 4 nitrogen and oxygen atoms in total. The predicted molar refractivity (Wildman–Crippen MR) is 62.2 cm³/mol. The van der Waals surface area contributed by atoms with Gasteiger partial charge in [-0.25, -0.2) is 5.11 Å². The van der Waals surface area contributed by atoms with Gasteiger partial charge < -0.3 is 14.2 Å². The molecule has 2 rings (SSSR count). The Labute approximate surface area is 103 Å². The molecule has 0 spiro atoms. The highest BCUT2D eigenvalue weighted by molar-refractivity contribution is 4.72. The van der Waals surface area contributed by atoms with E-state index in [1.165, 1.54) is 38.5 Å². The maximum Gasteiger partial charge on any atom is 0.184 e. The third kappa shape index (κ3) is 5.34. The van der Waals surface area contributed by atoms with Crippen molar-refractivity contribution in [3.8, 4) is 0 Å². The predicted octanol–water partition coefficient (Wildman–Crippen LogP) is 2.15. The van der Waals surface area contributed by atoms with E-state index in [4.69, 9.17) is 14.2 Å². The van der Waals surface area contributed by atoms with Crippen molar-refractivity contribution in [1.29, 1.82) is 0 Å². The van der Waals surface area contributed by atoms with Crippen LogP contribution >= 0.6 is 0 Å². The fourth-order valence-corrected chi connectivity index (χ4v) is 2.12. The van der Waals surface area contributed by atoms with Crippen molar-refractivity contribution in [3.05, 3.63) is 0 Å². The molecule has 1 radical (unpaired) electrons. The molecule has 0 aliphatic heterocycles. The summed E-state index contributed by atoms with van der Waals surface area (Å²) in [5.74, 6) is 0.669. The van der Waals surface area contributed by atoms with Crippen molar-refractivity contribution in [2.45, 2.75) is 50.9 Å². The maximum atomic E-state index is 10.8. The summed E-state index contributed by atoms with van der Waals surface area (Å²) in [6, 6.07) is 0. The standard InChI is InChI=1S/C13H23O4/c14-9-13(17-10-11-5-6-11)16-8-7-15-12-3-1-2-4-12/h11-13H,1-10H2. The Bertz CT molecular complexity index is 200. The van der Waals surface area contributed by atoms with Crippen LogP contribution in [0.1, 0.15) is 38.5 Å². The van der Waals surface area contributed by atoms with E-state index in [-0.39, 0.29) is 6.61 Å². The van der Waals surface area contributed by atoms with E-state index < -0.39 is 6.29 Å². The summed E-state index contributed by atoms with van der Waals surface area (Å²) in [7, 11) is 0. The zero-order valence-electron chi connectivity index (χ0n) is 10.4. The summed E-state index contributed by atoms with van der Waals surface area (Å²) in [5.41, 5.74) is 0. The molecule has 2 aliphatic rings. The summed E-state index contributed by atoms with van der Waals surface area (Å²) < 4.78 is 16.4. The van der Waals surface area contributed by atoms with Crippen LogP contribution in [0.4, 0.5) is 0 Å². The summed E-state index contributed by atoms with van der Waals surface area (Å²) in [5, 5.41) is 10.8. The molecule has 1 unspecified atom stereocenters. The van der Waals surface area contributed by atoms with Crippen molar-refractivity contribution in [2.24, 2.45) is 5.92 Å². The summed E-state index contributed by atoms with van der Waals surface area (Å²) in [6.45, 7) is 1.40. The van der Waals surface area contributed by atoms with Gasteiger partial charge in [0.05, 0.1) is 25.9 Å². The monoisotopic (exact) mass is 243 g/mol. The normalized spacial score (nSPS) is 23.1. The van der Waals surface area contributed by atoms with Crippen LogP contribution in [0, 0.1) is 5.92 Å². The van der Waals surface area contributed by atoms with Gasteiger partial charge >= 0.3 is 0 Å². The van der Waals surface area contributed by atoms with Crippen LogP contribution in [-0.2, 0) is 19.3 Å². The van der Waals surface area contributed by atoms with Gasteiger partial charge in [0.15, 0.2) is 6.29 Å². The van der Waals surface area contributed by atoms with Crippen LogP contribution < -0.4 is 0 Å². The fourth-order valence-electron chi connectivity index (χ4n) is 2.12. The second-order valence-electron chi connectivity index (χ2n) is 5.02. The Balaban J connectivity index is 1.46. The fraction of sp³-hybridized carbons (Fsp3) is 1.00. The summed E-state index contributed by atoms with van der Waals surface area (Å²) in [4.78, 5) is 0. The van der Waals surface area contributed by atoms with E-state index in [0.29, 0.717) is 31.8 Å². The van der Waals surface area contributed by atoms with Crippen molar-refractivity contribution < 1.29 is 19.3 Å². The Hall–Kier alpha value is -0.160. The van der Waals surface area contributed by atoms with Gasteiger partial charge in [0.1, 0.15) is 6.61 Å². The topological polar surface area (TPSA) is 47.6 Å². The molecule has 99 valence electrons. The number of rotatable bonds is 9. The molecule has 0 saturated heterocycles. The van der Waals surface area contributed by atoms with Crippen molar-refractivity contribution in [1.82, 2.24) is 0 Å². The van der Waals surface area contributed by atoms with E-state index in [9.17, 15) is 5.11 Å².